The zero-order valence-corrected chi connectivity index (χ0v) is 18.7. The number of carbonyl (C=O) groups excluding carboxylic acids is 1. The minimum Gasteiger partial charge on any atom is -0.493 e. The van der Waals surface area contributed by atoms with Crippen molar-refractivity contribution < 1.29 is 14.3 Å². The predicted molar refractivity (Wildman–Crippen MR) is 124 cm³/mol. The van der Waals surface area contributed by atoms with Crippen molar-refractivity contribution in [2.45, 2.75) is 13.5 Å². The van der Waals surface area contributed by atoms with Gasteiger partial charge in [-0.25, -0.2) is 0 Å². The van der Waals surface area contributed by atoms with Crippen LogP contribution in [-0.4, -0.2) is 23.7 Å². The van der Waals surface area contributed by atoms with Crippen LogP contribution >= 0.6 is 15.9 Å². The lowest BCUT2D eigenvalue weighted by Gasteiger charge is -2.14. The minimum absolute atomic E-state index is 0.172. The third-order valence-electron chi connectivity index (χ3n) is 4.72. The van der Waals surface area contributed by atoms with Gasteiger partial charge in [-0.3, -0.25) is 9.78 Å². The summed E-state index contributed by atoms with van der Waals surface area (Å²) in [6.07, 6.45) is 3.53. The maximum absolute atomic E-state index is 13.0. The lowest BCUT2D eigenvalue weighted by atomic mass is 10.1. The number of nitrogens with zero attached hydrogens (tertiary/aromatic N) is 3. The van der Waals surface area contributed by atoms with Crippen molar-refractivity contribution in [3.63, 3.8) is 0 Å². The number of hydrogen-bond acceptors (Lipinski definition) is 5. The van der Waals surface area contributed by atoms with Crippen LogP contribution in [-0.2, 0) is 11.4 Å². The molecule has 7 heteroatoms. The molecule has 6 nitrogen and oxygen atoms in total. The van der Waals surface area contributed by atoms with Crippen molar-refractivity contribution in [3.05, 3.63) is 88.2 Å². The molecule has 0 fully saturated rings. The summed E-state index contributed by atoms with van der Waals surface area (Å²) in [4.78, 5) is 17.2. The third kappa shape index (κ3) is 4.51. The van der Waals surface area contributed by atoms with Gasteiger partial charge in [0, 0.05) is 6.20 Å². The van der Waals surface area contributed by atoms with Gasteiger partial charge in [-0.15, -0.1) is 0 Å². The van der Waals surface area contributed by atoms with Crippen LogP contribution in [0.25, 0.3) is 6.08 Å². The molecule has 31 heavy (non-hydrogen) atoms. The number of hydrazone groups is 1. The molecule has 2 heterocycles. The van der Waals surface area contributed by atoms with E-state index in [4.69, 9.17) is 9.47 Å². The second-order valence-electron chi connectivity index (χ2n) is 6.84. The lowest BCUT2D eigenvalue weighted by Crippen LogP contribution is -2.21. The molecule has 1 aromatic heterocycles. The van der Waals surface area contributed by atoms with Crippen LogP contribution in [0.2, 0.25) is 0 Å². The standard InChI is InChI=1S/C24H20BrN3O3/c1-16-20(24(29)28(27-16)19-9-4-3-5-10-19)12-17-13-21(25)23(22(14-17)30-2)31-15-18-8-6-7-11-26-18/h3-14H,15H2,1-2H3. The Bertz CT molecular complexity index is 1160. The van der Waals surface area contributed by atoms with E-state index in [1.807, 2.05) is 67.6 Å². The number of ether oxygens (including phenoxy) is 2. The molecule has 0 saturated heterocycles. The molecule has 1 aliphatic rings. The van der Waals surface area contributed by atoms with Gasteiger partial charge in [0.1, 0.15) is 6.61 Å². The molecule has 3 aromatic rings. The van der Waals surface area contributed by atoms with Crippen molar-refractivity contribution in [2.24, 2.45) is 5.10 Å². The number of benzene rings is 2. The van der Waals surface area contributed by atoms with Crippen molar-refractivity contribution in [3.8, 4) is 11.5 Å². The Morgan fingerprint density at radius 1 is 1.10 bits per heavy atom. The number of carbonyl (C=O) groups is 1. The molecular formula is C24H20BrN3O3. The molecule has 1 amide bonds. The molecule has 0 bridgehead atoms. The Hall–Kier alpha value is -3.45. The number of anilines is 1. The number of pyridine rings is 1. The maximum Gasteiger partial charge on any atom is 0.280 e. The first-order valence-electron chi connectivity index (χ1n) is 9.64. The Kier molecular flexibility index (Phi) is 6.13. The summed E-state index contributed by atoms with van der Waals surface area (Å²) < 4.78 is 12.2. The quantitative estimate of drug-likeness (QED) is 0.455. The van der Waals surface area contributed by atoms with E-state index in [0.717, 1.165) is 21.4 Å². The van der Waals surface area contributed by atoms with E-state index in [0.29, 0.717) is 29.4 Å². The number of rotatable bonds is 6. The number of aromatic nitrogens is 1. The molecule has 0 atom stereocenters. The Labute approximate surface area is 189 Å². The first-order valence-corrected chi connectivity index (χ1v) is 10.4. The van der Waals surface area contributed by atoms with Crippen LogP contribution in [0, 0.1) is 0 Å². The smallest absolute Gasteiger partial charge is 0.280 e. The highest BCUT2D eigenvalue weighted by Crippen LogP contribution is 2.38. The number of halogens is 1. The second kappa shape index (κ2) is 9.14. The zero-order chi connectivity index (χ0) is 21.8. The molecule has 0 radical (unpaired) electrons. The number of hydrogen-bond donors (Lipinski definition) is 0. The van der Waals surface area contributed by atoms with Gasteiger partial charge in [-0.2, -0.15) is 10.1 Å². The maximum atomic E-state index is 13.0. The first kappa shape index (κ1) is 20.8. The topological polar surface area (TPSA) is 64.0 Å². The fraction of sp³-hybridized carbons (Fsp3) is 0.125. The van der Waals surface area contributed by atoms with E-state index < -0.39 is 0 Å². The fourth-order valence-electron chi connectivity index (χ4n) is 3.19. The van der Waals surface area contributed by atoms with Gasteiger partial charge in [-0.1, -0.05) is 24.3 Å². The minimum atomic E-state index is -0.172. The Balaban J connectivity index is 1.60. The van der Waals surface area contributed by atoms with Gasteiger partial charge in [0.2, 0.25) is 0 Å². The van der Waals surface area contributed by atoms with Gasteiger partial charge < -0.3 is 9.47 Å². The van der Waals surface area contributed by atoms with Crippen molar-refractivity contribution in [1.29, 1.82) is 0 Å². The van der Waals surface area contributed by atoms with Gasteiger partial charge in [0.15, 0.2) is 11.5 Å². The van der Waals surface area contributed by atoms with Crippen LogP contribution in [0.4, 0.5) is 5.69 Å². The van der Waals surface area contributed by atoms with Crippen molar-refractivity contribution in [1.82, 2.24) is 4.98 Å². The van der Waals surface area contributed by atoms with Crippen molar-refractivity contribution >= 4 is 39.3 Å². The normalized spacial score (nSPS) is 14.7. The third-order valence-corrected chi connectivity index (χ3v) is 5.31. The van der Waals surface area contributed by atoms with Crippen LogP contribution < -0.4 is 14.5 Å². The summed E-state index contributed by atoms with van der Waals surface area (Å²) in [5.74, 6) is 0.954. The van der Waals surface area contributed by atoms with E-state index in [2.05, 4.69) is 26.0 Å². The highest BCUT2D eigenvalue weighted by Gasteiger charge is 2.28. The fourth-order valence-corrected chi connectivity index (χ4v) is 3.76. The monoisotopic (exact) mass is 477 g/mol. The molecule has 0 saturated carbocycles. The van der Waals surface area contributed by atoms with Gasteiger partial charge in [0.25, 0.3) is 5.91 Å². The number of para-hydroxylation sites is 1. The Morgan fingerprint density at radius 3 is 2.58 bits per heavy atom. The summed E-state index contributed by atoms with van der Waals surface area (Å²) >= 11 is 3.56. The summed E-state index contributed by atoms with van der Waals surface area (Å²) in [6.45, 7) is 2.13. The van der Waals surface area contributed by atoms with E-state index >= 15 is 0 Å². The molecular weight excluding hydrogens is 458 g/mol. The molecule has 2 aromatic carbocycles. The van der Waals surface area contributed by atoms with Crippen LogP contribution in [0.1, 0.15) is 18.2 Å². The van der Waals surface area contributed by atoms with E-state index in [9.17, 15) is 4.79 Å². The van der Waals surface area contributed by atoms with E-state index in [1.54, 1.807) is 19.4 Å². The number of methoxy groups -OCH3 is 1. The highest BCUT2D eigenvalue weighted by molar-refractivity contribution is 9.10. The average Bonchev–Trinajstić information content (AvgIpc) is 3.07. The molecule has 0 N–H and O–H groups in total. The summed E-state index contributed by atoms with van der Waals surface area (Å²) in [5, 5.41) is 5.83. The van der Waals surface area contributed by atoms with E-state index in [1.165, 1.54) is 5.01 Å². The van der Waals surface area contributed by atoms with Crippen LogP contribution in [0.15, 0.2) is 82.0 Å². The molecule has 0 spiro atoms. The van der Waals surface area contributed by atoms with Gasteiger partial charge in [0.05, 0.1) is 34.2 Å². The lowest BCUT2D eigenvalue weighted by molar-refractivity contribution is -0.114. The molecule has 1 aliphatic heterocycles. The van der Waals surface area contributed by atoms with Crippen LogP contribution in [0.5, 0.6) is 11.5 Å². The van der Waals surface area contributed by atoms with Gasteiger partial charge >= 0.3 is 0 Å². The molecule has 0 aliphatic carbocycles. The second-order valence-corrected chi connectivity index (χ2v) is 7.69. The van der Waals surface area contributed by atoms with Gasteiger partial charge in [-0.05, 0) is 70.9 Å². The molecule has 4 rings (SSSR count). The van der Waals surface area contributed by atoms with Crippen LogP contribution in [0.3, 0.4) is 0 Å². The van der Waals surface area contributed by atoms with Crippen molar-refractivity contribution in [2.75, 3.05) is 12.1 Å². The SMILES string of the molecule is COc1cc(C=C2C(=O)N(c3ccccc3)N=C2C)cc(Br)c1OCc1ccccn1. The largest absolute Gasteiger partial charge is 0.493 e. The summed E-state index contributed by atoms with van der Waals surface area (Å²) in [5.41, 5.74) is 3.51. The average molecular weight is 478 g/mol. The summed E-state index contributed by atoms with van der Waals surface area (Å²) in [6, 6.07) is 18.7. The highest BCUT2D eigenvalue weighted by atomic mass is 79.9. The number of amides is 1. The summed E-state index contributed by atoms with van der Waals surface area (Å²) in [7, 11) is 1.58. The van der Waals surface area contributed by atoms with E-state index in [-0.39, 0.29) is 5.91 Å². The predicted octanol–water partition coefficient (Wildman–Crippen LogP) is 5.24. The molecule has 156 valence electrons. The Morgan fingerprint density at radius 2 is 1.87 bits per heavy atom. The molecule has 0 unspecified atom stereocenters. The first-order chi connectivity index (χ1) is 15.1. The zero-order valence-electron chi connectivity index (χ0n) is 17.1.